The molecule has 0 atom stereocenters. The molecule has 0 spiro atoms. The summed E-state index contributed by atoms with van der Waals surface area (Å²) in [5, 5.41) is 36.9. The van der Waals surface area contributed by atoms with Crippen molar-refractivity contribution >= 4 is 28.5 Å². The number of nitrogens with zero attached hydrogens (tertiary/aromatic N) is 4. The average molecular weight is 375 g/mol. The Balaban J connectivity index is 2.35. The molecule has 0 bridgehead atoms. The summed E-state index contributed by atoms with van der Waals surface area (Å²) < 4.78 is 4.92. The molecule has 140 valence electrons. The number of non-ortho nitro benzene ring substituents is 1. The fourth-order valence-electron chi connectivity index (χ4n) is 2.15. The summed E-state index contributed by atoms with van der Waals surface area (Å²) in [6.07, 6.45) is 0. The molecule has 2 aromatic carbocycles. The van der Waals surface area contributed by atoms with E-state index in [0.717, 1.165) is 18.2 Å². The third-order valence-electron chi connectivity index (χ3n) is 3.53. The van der Waals surface area contributed by atoms with Crippen LogP contribution in [0.3, 0.4) is 0 Å². The van der Waals surface area contributed by atoms with Gasteiger partial charge in [0.2, 0.25) is 0 Å². The molecule has 1 N–H and O–H groups in total. The number of benzene rings is 2. The third kappa shape index (κ3) is 4.31. The predicted molar refractivity (Wildman–Crippen MR) is 95.2 cm³/mol. The number of hydrazone groups is 1. The van der Waals surface area contributed by atoms with E-state index in [2.05, 4.69) is 10.5 Å². The summed E-state index contributed by atoms with van der Waals surface area (Å²) in [7, 11) is 1.30. The number of nitro benzene ring substituents is 3. The van der Waals surface area contributed by atoms with E-state index in [1.54, 1.807) is 0 Å². The highest BCUT2D eigenvalue weighted by Crippen LogP contribution is 2.30. The van der Waals surface area contributed by atoms with E-state index in [1.807, 2.05) is 0 Å². The van der Waals surface area contributed by atoms with Gasteiger partial charge in [0.15, 0.2) is 5.75 Å². The summed E-state index contributed by atoms with van der Waals surface area (Å²) in [5.74, 6) is 0.0792. The van der Waals surface area contributed by atoms with Crippen molar-refractivity contribution in [3.8, 4) is 5.75 Å². The van der Waals surface area contributed by atoms with Crippen molar-refractivity contribution in [1.29, 1.82) is 0 Å². The van der Waals surface area contributed by atoms with Gasteiger partial charge in [0.25, 0.3) is 5.69 Å². The number of nitro groups is 3. The number of anilines is 1. The highest BCUT2D eigenvalue weighted by molar-refractivity contribution is 6.00. The van der Waals surface area contributed by atoms with Crippen molar-refractivity contribution in [1.82, 2.24) is 0 Å². The van der Waals surface area contributed by atoms with Crippen molar-refractivity contribution in [3.05, 3.63) is 72.3 Å². The van der Waals surface area contributed by atoms with Crippen LogP contribution < -0.4 is 10.2 Å². The van der Waals surface area contributed by atoms with Gasteiger partial charge in [-0.25, -0.2) is 0 Å². The van der Waals surface area contributed by atoms with E-state index < -0.39 is 26.1 Å². The molecular weight excluding hydrogens is 362 g/mol. The highest BCUT2D eigenvalue weighted by atomic mass is 16.6. The first kappa shape index (κ1) is 19.2. The van der Waals surface area contributed by atoms with Crippen molar-refractivity contribution in [2.24, 2.45) is 5.10 Å². The Morgan fingerprint density at radius 3 is 2.19 bits per heavy atom. The molecule has 0 aliphatic rings. The highest BCUT2D eigenvalue weighted by Gasteiger charge is 2.20. The zero-order valence-electron chi connectivity index (χ0n) is 14.1. The molecule has 2 rings (SSSR count). The first-order chi connectivity index (χ1) is 12.7. The molecule has 0 aliphatic carbocycles. The van der Waals surface area contributed by atoms with Gasteiger partial charge in [0.1, 0.15) is 5.69 Å². The fourth-order valence-corrected chi connectivity index (χ4v) is 2.15. The second-order valence-electron chi connectivity index (χ2n) is 5.17. The van der Waals surface area contributed by atoms with Gasteiger partial charge in [-0.3, -0.25) is 35.8 Å². The maximum Gasteiger partial charge on any atom is 0.311 e. The van der Waals surface area contributed by atoms with Crippen molar-refractivity contribution in [3.63, 3.8) is 0 Å². The van der Waals surface area contributed by atoms with Crippen LogP contribution in [0, 0.1) is 30.3 Å². The molecule has 0 aromatic heterocycles. The number of hydrogen-bond acceptors (Lipinski definition) is 9. The quantitative estimate of drug-likeness (QED) is 0.437. The summed E-state index contributed by atoms with van der Waals surface area (Å²) in [4.78, 5) is 30.8. The van der Waals surface area contributed by atoms with Crippen LogP contribution in [0.15, 0.2) is 41.5 Å². The zero-order chi connectivity index (χ0) is 20.1. The van der Waals surface area contributed by atoms with Crippen molar-refractivity contribution < 1.29 is 19.5 Å². The van der Waals surface area contributed by atoms with Gasteiger partial charge in [0.05, 0.1) is 33.7 Å². The Kier molecular flexibility index (Phi) is 5.60. The minimum atomic E-state index is -0.779. The lowest BCUT2D eigenvalue weighted by atomic mass is 10.1. The molecule has 0 heterocycles. The second-order valence-corrected chi connectivity index (χ2v) is 5.17. The van der Waals surface area contributed by atoms with Gasteiger partial charge in [-0.05, 0) is 25.1 Å². The largest absolute Gasteiger partial charge is 0.490 e. The maximum atomic E-state index is 11.1. The number of methoxy groups -OCH3 is 1. The van der Waals surface area contributed by atoms with E-state index in [0.29, 0.717) is 11.3 Å². The number of nitrogens with one attached hydrogen (secondary N) is 1. The van der Waals surface area contributed by atoms with Crippen molar-refractivity contribution in [2.45, 2.75) is 6.92 Å². The molecule has 0 saturated carbocycles. The Morgan fingerprint density at radius 2 is 1.63 bits per heavy atom. The molecular formula is C15H13N5O7. The molecule has 0 unspecified atom stereocenters. The lowest BCUT2D eigenvalue weighted by molar-refractivity contribution is -0.393. The first-order valence-corrected chi connectivity index (χ1v) is 7.30. The monoisotopic (exact) mass is 375 g/mol. The third-order valence-corrected chi connectivity index (χ3v) is 3.53. The lowest BCUT2D eigenvalue weighted by Gasteiger charge is -2.06. The van der Waals surface area contributed by atoms with Gasteiger partial charge in [0, 0.05) is 17.7 Å². The van der Waals surface area contributed by atoms with Gasteiger partial charge < -0.3 is 4.74 Å². The predicted octanol–water partition coefficient (Wildman–Crippen LogP) is 3.26. The van der Waals surface area contributed by atoms with E-state index in [1.165, 1.54) is 32.2 Å². The van der Waals surface area contributed by atoms with E-state index in [4.69, 9.17) is 4.74 Å². The van der Waals surface area contributed by atoms with Crippen molar-refractivity contribution in [2.75, 3.05) is 12.5 Å². The molecule has 27 heavy (non-hydrogen) atoms. The van der Waals surface area contributed by atoms with Crippen LogP contribution >= 0.6 is 0 Å². The molecule has 0 saturated heterocycles. The van der Waals surface area contributed by atoms with Gasteiger partial charge in [-0.2, -0.15) is 5.10 Å². The topological polar surface area (TPSA) is 163 Å². The number of ether oxygens (including phenoxy) is 1. The second kappa shape index (κ2) is 7.86. The molecule has 0 fully saturated rings. The van der Waals surface area contributed by atoms with Crippen LogP contribution in [0.5, 0.6) is 5.75 Å². The van der Waals surface area contributed by atoms with Crippen LogP contribution in [-0.4, -0.2) is 27.6 Å². The Morgan fingerprint density at radius 1 is 0.963 bits per heavy atom. The summed E-state index contributed by atoms with van der Waals surface area (Å²) in [6, 6.07) is 7.26. The first-order valence-electron chi connectivity index (χ1n) is 7.30. The standard InChI is InChI=1S/C15H13N5O7/c1-9(10-3-6-15(27-2)14(7-10)20(25)26)16-17-12-5-4-11(18(21)22)8-13(12)19(23)24/h3-8,17H,1-2H3/b16-9-. The Bertz CT molecular complexity index is 958. The Labute approximate surface area is 151 Å². The van der Waals surface area contributed by atoms with Crippen LogP contribution in [0.25, 0.3) is 0 Å². The van der Waals surface area contributed by atoms with E-state index in [-0.39, 0.29) is 17.1 Å². The van der Waals surface area contributed by atoms with Crippen LogP contribution in [0.2, 0.25) is 0 Å². The molecule has 12 nitrogen and oxygen atoms in total. The molecule has 0 radical (unpaired) electrons. The molecule has 12 heteroatoms. The number of hydrogen-bond donors (Lipinski definition) is 1. The summed E-state index contributed by atoms with van der Waals surface area (Å²) >= 11 is 0. The van der Waals surface area contributed by atoms with E-state index >= 15 is 0 Å². The van der Waals surface area contributed by atoms with Crippen LogP contribution in [-0.2, 0) is 0 Å². The lowest BCUT2D eigenvalue weighted by Crippen LogP contribution is -2.03. The van der Waals surface area contributed by atoms with Crippen LogP contribution in [0.1, 0.15) is 12.5 Å². The maximum absolute atomic E-state index is 11.1. The van der Waals surface area contributed by atoms with Crippen LogP contribution in [0.4, 0.5) is 22.7 Å². The minimum Gasteiger partial charge on any atom is -0.490 e. The van der Waals surface area contributed by atoms with Gasteiger partial charge in [-0.1, -0.05) is 0 Å². The summed E-state index contributed by atoms with van der Waals surface area (Å²) in [6.45, 7) is 1.54. The SMILES string of the molecule is COc1ccc(/C(C)=N\Nc2ccc([N+](=O)[O-])cc2[N+](=O)[O-])cc1[N+](=O)[O-]. The number of rotatable bonds is 7. The molecule has 2 aromatic rings. The zero-order valence-corrected chi connectivity index (χ0v) is 14.1. The average Bonchev–Trinajstić information content (AvgIpc) is 2.65. The smallest absolute Gasteiger partial charge is 0.311 e. The Hall–Kier alpha value is -4.09. The normalized spacial score (nSPS) is 11.0. The fraction of sp³-hybridized carbons (Fsp3) is 0.133. The minimum absolute atomic E-state index is 0.0621. The summed E-state index contributed by atoms with van der Waals surface area (Å²) in [5.41, 5.74) is 1.87. The molecule has 0 amide bonds. The van der Waals surface area contributed by atoms with E-state index in [9.17, 15) is 30.3 Å². The molecule has 0 aliphatic heterocycles. The van der Waals surface area contributed by atoms with Gasteiger partial charge in [-0.15, -0.1) is 0 Å². The van der Waals surface area contributed by atoms with Gasteiger partial charge >= 0.3 is 11.4 Å².